The average Bonchev–Trinajstić information content (AvgIpc) is 2.67. The Kier molecular flexibility index (Phi) is 3.36. The molecule has 0 amide bonds. The molecule has 88 valence electrons. The molecule has 15 heavy (non-hydrogen) atoms. The van der Waals surface area contributed by atoms with Gasteiger partial charge in [0, 0.05) is 12.0 Å². The van der Waals surface area contributed by atoms with Crippen molar-refractivity contribution in [3.8, 4) is 0 Å². The summed E-state index contributed by atoms with van der Waals surface area (Å²) in [5.41, 5.74) is 0.388. The summed E-state index contributed by atoms with van der Waals surface area (Å²) in [7, 11) is 0. The van der Waals surface area contributed by atoms with Gasteiger partial charge in [-0.1, -0.05) is 27.2 Å². The number of hydrogen-bond donors (Lipinski definition) is 0. The first kappa shape index (κ1) is 11.4. The molecule has 2 unspecified atom stereocenters. The van der Waals surface area contributed by atoms with E-state index in [1.807, 2.05) is 0 Å². The molecule has 0 aromatic heterocycles. The van der Waals surface area contributed by atoms with E-state index in [1.165, 1.54) is 32.4 Å². The predicted octanol–water partition coefficient (Wildman–Crippen LogP) is 2.53. The van der Waals surface area contributed by atoms with E-state index in [-0.39, 0.29) is 0 Å². The molecule has 0 bridgehead atoms. The van der Waals surface area contributed by atoms with Crippen LogP contribution < -0.4 is 0 Å². The number of likely N-dealkylation sites (tertiary alicyclic amines) is 1. The van der Waals surface area contributed by atoms with Gasteiger partial charge in [-0.15, -0.1) is 0 Å². The molecule has 0 aromatic rings. The van der Waals surface area contributed by atoms with Crippen molar-refractivity contribution >= 4 is 0 Å². The lowest BCUT2D eigenvalue weighted by molar-refractivity contribution is 0.0928. The van der Waals surface area contributed by atoms with Crippen molar-refractivity contribution in [3.05, 3.63) is 0 Å². The van der Waals surface area contributed by atoms with Crippen molar-refractivity contribution in [1.29, 1.82) is 0 Å². The summed E-state index contributed by atoms with van der Waals surface area (Å²) in [6.07, 6.45) is 4.19. The maximum absolute atomic E-state index is 5.71. The Balaban J connectivity index is 2.00. The first-order valence-electron chi connectivity index (χ1n) is 6.41. The summed E-state index contributed by atoms with van der Waals surface area (Å²) in [5, 5.41) is 0. The topological polar surface area (TPSA) is 12.5 Å². The van der Waals surface area contributed by atoms with Crippen molar-refractivity contribution < 1.29 is 4.74 Å². The molecule has 2 atom stereocenters. The third kappa shape index (κ3) is 2.54. The molecule has 2 fully saturated rings. The maximum atomic E-state index is 5.71. The van der Waals surface area contributed by atoms with Gasteiger partial charge in [-0.25, -0.2) is 0 Å². The third-order valence-corrected chi connectivity index (χ3v) is 4.02. The molecule has 0 radical (unpaired) electrons. The van der Waals surface area contributed by atoms with Crippen molar-refractivity contribution in [2.45, 2.75) is 46.1 Å². The zero-order valence-electron chi connectivity index (χ0n) is 10.5. The molecule has 2 saturated heterocycles. The van der Waals surface area contributed by atoms with Crippen LogP contribution in [0.4, 0.5) is 0 Å². The van der Waals surface area contributed by atoms with Crippen molar-refractivity contribution in [1.82, 2.24) is 4.90 Å². The normalized spacial score (nSPS) is 34.6. The Bertz CT molecular complexity index is 203. The summed E-state index contributed by atoms with van der Waals surface area (Å²) >= 11 is 0. The van der Waals surface area contributed by atoms with Crippen LogP contribution in [0.25, 0.3) is 0 Å². The van der Waals surface area contributed by atoms with Gasteiger partial charge in [-0.05, 0) is 31.3 Å². The minimum Gasteiger partial charge on any atom is -0.379 e. The largest absolute Gasteiger partial charge is 0.379 e. The number of rotatable bonds is 1. The molecule has 2 heteroatoms. The van der Waals surface area contributed by atoms with Gasteiger partial charge >= 0.3 is 0 Å². The van der Waals surface area contributed by atoms with Gasteiger partial charge in [-0.2, -0.15) is 0 Å². The maximum Gasteiger partial charge on any atom is 0.0625 e. The second-order valence-corrected chi connectivity index (χ2v) is 6.17. The molecule has 2 heterocycles. The monoisotopic (exact) mass is 211 g/mol. The van der Waals surface area contributed by atoms with Gasteiger partial charge in [0.15, 0.2) is 0 Å². The van der Waals surface area contributed by atoms with Crippen molar-refractivity contribution in [2.75, 3.05) is 26.3 Å². The van der Waals surface area contributed by atoms with E-state index < -0.39 is 0 Å². The lowest BCUT2D eigenvalue weighted by atomic mass is 9.77. The summed E-state index contributed by atoms with van der Waals surface area (Å²) in [6.45, 7) is 11.6. The highest BCUT2D eigenvalue weighted by molar-refractivity contribution is 4.91. The summed E-state index contributed by atoms with van der Waals surface area (Å²) in [5.74, 6) is 0.718. The molecule has 0 N–H and O–H groups in total. The smallest absolute Gasteiger partial charge is 0.0625 e. The highest BCUT2D eigenvalue weighted by Gasteiger charge is 2.40. The van der Waals surface area contributed by atoms with Crippen LogP contribution >= 0.6 is 0 Å². The van der Waals surface area contributed by atoms with Gasteiger partial charge in [0.25, 0.3) is 0 Å². The lowest BCUT2D eigenvalue weighted by Gasteiger charge is -2.39. The van der Waals surface area contributed by atoms with Gasteiger partial charge in [-0.3, -0.25) is 4.90 Å². The highest BCUT2D eigenvalue weighted by atomic mass is 16.5. The molecule has 0 aromatic carbocycles. The van der Waals surface area contributed by atoms with Crippen LogP contribution in [-0.2, 0) is 4.74 Å². The third-order valence-electron chi connectivity index (χ3n) is 4.02. The zero-order chi connectivity index (χ0) is 10.9. The van der Waals surface area contributed by atoms with E-state index in [0.717, 1.165) is 19.1 Å². The summed E-state index contributed by atoms with van der Waals surface area (Å²) in [4.78, 5) is 2.67. The quantitative estimate of drug-likeness (QED) is 0.661. The standard InChI is InChI=1S/C13H25NO/c1-13(2,3)11-9-15-10-12(11)14-7-5-4-6-8-14/h11-12H,4-10H2,1-3H3. The molecule has 0 spiro atoms. The Morgan fingerprint density at radius 1 is 1.00 bits per heavy atom. The van der Waals surface area contributed by atoms with Crippen LogP contribution in [0.3, 0.4) is 0 Å². The fourth-order valence-corrected chi connectivity index (χ4v) is 2.98. The van der Waals surface area contributed by atoms with Gasteiger partial charge < -0.3 is 4.74 Å². The predicted molar refractivity (Wildman–Crippen MR) is 63.0 cm³/mol. The Labute approximate surface area is 94.0 Å². The van der Waals surface area contributed by atoms with Crippen LogP contribution in [-0.4, -0.2) is 37.2 Å². The first-order valence-corrected chi connectivity index (χ1v) is 6.41. The molecule has 2 aliphatic rings. The van der Waals surface area contributed by atoms with E-state index in [0.29, 0.717) is 11.5 Å². The summed E-state index contributed by atoms with van der Waals surface area (Å²) < 4.78 is 5.71. The van der Waals surface area contributed by atoms with E-state index >= 15 is 0 Å². The Morgan fingerprint density at radius 2 is 1.67 bits per heavy atom. The minimum absolute atomic E-state index is 0.388. The van der Waals surface area contributed by atoms with Crippen LogP contribution in [0.5, 0.6) is 0 Å². The average molecular weight is 211 g/mol. The molecule has 2 aliphatic heterocycles. The first-order chi connectivity index (χ1) is 7.09. The van der Waals surface area contributed by atoms with Crippen LogP contribution in [0.2, 0.25) is 0 Å². The van der Waals surface area contributed by atoms with Gasteiger partial charge in [0.05, 0.1) is 13.2 Å². The van der Waals surface area contributed by atoms with E-state index in [1.54, 1.807) is 0 Å². The minimum atomic E-state index is 0.388. The van der Waals surface area contributed by atoms with E-state index in [2.05, 4.69) is 25.7 Å². The Hall–Kier alpha value is -0.0800. The Morgan fingerprint density at radius 3 is 2.27 bits per heavy atom. The zero-order valence-corrected chi connectivity index (χ0v) is 10.5. The summed E-state index contributed by atoms with van der Waals surface area (Å²) in [6, 6.07) is 0.685. The molecule has 0 saturated carbocycles. The van der Waals surface area contributed by atoms with Crippen LogP contribution in [0.1, 0.15) is 40.0 Å². The van der Waals surface area contributed by atoms with Crippen molar-refractivity contribution in [2.24, 2.45) is 11.3 Å². The fourth-order valence-electron chi connectivity index (χ4n) is 2.98. The molecule has 2 rings (SSSR count). The van der Waals surface area contributed by atoms with Gasteiger partial charge in [0.1, 0.15) is 0 Å². The fraction of sp³-hybridized carbons (Fsp3) is 1.00. The number of hydrogen-bond acceptors (Lipinski definition) is 2. The second-order valence-electron chi connectivity index (χ2n) is 6.17. The molecular weight excluding hydrogens is 186 g/mol. The molecule has 2 nitrogen and oxygen atoms in total. The number of piperidine rings is 1. The second kappa shape index (κ2) is 4.42. The van der Waals surface area contributed by atoms with E-state index in [4.69, 9.17) is 4.74 Å². The number of nitrogens with zero attached hydrogens (tertiary/aromatic N) is 1. The highest BCUT2D eigenvalue weighted by Crippen LogP contribution is 2.36. The van der Waals surface area contributed by atoms with Gasteiger partial charge in [0.2, 0.25) is 0 Å². The van der Waals surface area contributed by atoms with E-state index in [9.17, 15) is 0 Å². The SMILES string of the molecule is CC(C)(C)C1COCC1N1CCCCC1. The molecular formula is C13H25NO. The molecule has 0 aliphatic carbocycles. The lowest BCUT2D eigenvalue weighted by Crippen LogP contribution is -2.46. The number of ether oxygens (including phenoxy) is 1. The van der Waals surface area contributed by atoms with Crippen molar-refractivity contribution in [3.63, 3.8) is 0 Å². The van der Waals surface area contributed by atoms with Crippen LogP contribution in [0, 0.1) is 11.3 Å². The van der Waals surface area contributed by atoms with Crippen LogP contribution in [0.15, 0.2) is 0 Å².